The van der Waals surface area contributed by atoms with Gasteiger partial charge >= 0.3 is 0 Å². The van der Waals surface area contributed by atoms with E-state index in [0.29, 0.717) is 41.1 Å². The van der Waals surface area contributed by atoms with E-state index in [9.17, 15) is 14.4 Å². The first-order valence-electron chi connectivity index (χ1n) is 13.3. The average molecular weight is 533 g/mol. The van der Waals surface area contributed by atoms with Crippen LogP contribution in [0.5, 0.6) is 5.75 Å². The number of hydrogen-bond donors (Lipinski definition) is 1. The number of imide groups is 1. The predicted octanol–water partition coefficient (Wildman–Crippen LogP) is 3.76. The van der Waals surface area contributed by atoms with Gasteiger partial charge in [0.1, 0.15) is 17.9 Å². The van der Waals surface area contributed by atoms with Crippen molar-refractivity contribution in [2.24, 2.45) is 0 Å². The summed E-state index contributed by atoms with van der Waals surface area (Å²) >= 11 is 6.46. The molecule has 2 aromatic carbocycles. The van der Waals surface area contributed by atoms with Crippen molar-refractivity contribution in [1.82, 2.24) is 15.1 Å². The van der Waals surface area contributed by atoms with E-state index in [1.807, 2.05) is 24.3 Å². The first-order valence-corrected chi connectivity index (χ1v) is 13.7. The minimum atomic E-state index is -0.622. The molecule has 1 N–H and O–H groups in total. The van der Waals surface area contributed by atoms with Crippen molar-refractivity contribution in [3.05, 3.63) is 63.7 Å². The molecule has 4 aliphatic rings. The fraction of sp³-hybridized carbons (Fsp3) is 0.448. The number of likely N-dealkylation sites (tertiary alicyclic amines) is 1. The molecule has 0 unspecified atom stereocenters. The number of carbonyl (C=O) groups excluding carboxylic acids is 3. The van der Waals surface area contributed by atoms with Crippen molar-refractivity contribution in [1.29, 1.82) is 5.26 Å². The minimum absolute atomic E-state index is 0.0579. The third-order valence-electron chi connectivity index (χ3n) is 8.40. The van der Waals surface area contributed by atoms with Crippen LogP contribution < -0.4 is 10.1 Å². The van der Waals surface area contributed by atoms with Gasteiger partial charge in [-0.3, -0.25) is 24.6 Å². The maximum atomic E-state index is 13.0. The number of halogens is 1. The molecule has 196 valence electrons. The van der Waals surface area contributed by atoms with E-state index in [4.69, 9.17) is 21.6 Å². The molecule has 9 heteroatoms. The highest BCUT2D eigenvalue weighted by molar-refractivity contribution is 6.31. The number of nitriles is 1. The molecule has 38 heavy (non-hydrogen) atoms. The molecule has 0 spiro atoms. The standard InChI is InChI=1S/C29H29ClN4O4/c30-23-11-17(13-31)5-7-21(23)19-14-33(15-19)24-3-1-2-4-26(24)38-20-6-8-22-18(12-20)16-34(29(22)37)25-9-10-27(35)32-28(25)36/h5-8,11-12,19,24-26H,1-4,9-10,14-16H2,(H,32,35,36)/t24-,25+,26-/m0/s1. The van der Waals surface area contributed by atoms with Crippen LogP contribution in [0.1, 0.15) is 71.5 Å². The van der Waals surface area contributed by atoms with Crippen LogP contribution in [-0.4, -0.2) is 58.8 Å². The van der Waals surface area contributed by atoms with Crippen LogP contribution in [0, 0.1) is 11.3 Å². The van der Waals surface area contributed by atoms with Crippen LogP contribution in [0.3, 0.4) is 0 Å². The van der Waals surface area contributed by atoms with E-state index in [0.717, 1.165) is 49.2 Å². The molecule has 1 saturated carbocycles. The van der Waals surface area contributed by atoms with E-state index in [2.05, 4.69) is 16.3 Å². The Balaban J connectivity index is 1.11. The lowest BCUT2D eigenvalue weighted by Crippen LogP contribution is -2.57. The highest BCUT2D eigenvalue weighted by Crippen LogP contribution is 2.38. The second-order valence-corrected chi connectivity index (χ2v) is 11.1. The molecular weight excluding hydrogens is 504 g/mol. The first-order chi connectivity index (χ1) is 18.4. The molecular formula is C29H29ClN4O4. The topological polar surface area (TPSA) is 103 Å². The summed E-state index contributed by atoms with van der Waals surface area (Å²) in [5, 5.41) is 12.1. The highest BCUT2D eigenvalue weighted by atomic mass is 35.5. The number of piperidine rings is 1. The van der Waals surface area contributed by atoms with Gasteiger partial charge in [-0.1, -0.05) is 24.1 Å². The SMILES string of the molecule is N#Cc1ccc(C2CN([C@H]3CCCC[C@@H]3Oc3ccc4c(c3)CN([C@@H]3CCC(=O)NC3=O)C4=O)C2)c(Cl)c1. The van der Waals surface area contributed by atoms with E-state index in [1.54, 1.807) is 17.0 Å². The van der Waals surface area contributed by atoms with Crippen LogP contribution in [0.15, 0.2) is 36.4 Å². The summed E-state index contributed by atoms with van der Waals surface area (Å²) in [7, 11) is 0. The fourth-order valence-electron chi connectivity index (χ4n) is 6.34. The Kier molecular flexibility index (Phi) is 6.58. The lowest BCUT2D eigenvalue weighted by atomic mass is 9.84. The van der Waals surface area contributed by atoms with E-state index >= 15 is 0 Å². The Morgan fingerprint density at radius 1 is 1.03 bits per heavy atom. The molecule has 3 aliphatic heterocycles. The van der Waals surface area contributed by atoms with Gasteiger partial charge in [-0.15, -0.1) is 0 Å². The highest BCUT2D eigenvalue weighted by Gasteiger charge is 2.41. The molecule has 2 aromatic rings. The summed E-state index contributed by atoms with van der Waals surface area (Å²) in [5.41, 5.74) is 3.11. The Morgan fingerprint density at radius 2 is 1.84 bits per heavy atom. The fourth-order valence-corrected chi connectivity index (χ4v) is 6.67. The van der Waals surface area contributed by atoms with Gasteiger partial charge in [0.05, 0.1) is 11.6 Å². The number of nitrogens with zero attached hydrogens (tertiary/aromatic N) is 3. The lowest BCUT2D eigenvalue weighted by Gasteiger charge is -2.48. The molecule has 0 radical (unpaired) electrons. The second kappa shape index (κ2) is 10.0. The van der Waals surface area contributed by atoms with Gasteiger partial charge in [0.25, 0.3) is 5.91 Å². The Bertz CT molecular complexity index is 1350. The molecule has 2 saturated heterocycles. The summed E-state index contributed by atoms with van der Waals surface area (Å²) in [6.07, 6.45) is 4.98. The quantitative estimate of drug-likeness (QED) is 0.588. The van der Waals surface area contributed by atoms with Gasteiger partial charge in [-0.05, 0) is 67.1 Å². The van der Waals surface area contributed by atoms with Gasteiger partial charge in [0.2, 0.25) is 11.8 Å². The lowest BCUT2D eigenvalue weighted by molar-refractivity contribution is -0.136. The zero-order chi connectivity index (χ0) is 26.4. The zero-order valence-corrected chi connectivity index (χ0v) is 21.7. The summed E-state index contributed by atoms with van der Waals surface area (Å²) in [5.74, 6) is 0.221. The predicted molar refractivity (Wildman–Crippen MR) is 140 cm³/mol. The number of benzene rings is 2. The van der Waals surface area contributed by atoms with Gasteiger partial charge in [-0.25, -0.2) is 0 Å². The third kappa shape index (κ3) is 4.55. The number of nitrogens with one attached hydrogen (secondary N) is 1. The van der Waals surface area contributed by atoms with Crippen molar-refractivity contribution in [3.63, 3.8) is 0 Å². The van der Waals surface area contributed by atoms with Crippen LogP contribution in [0.4, 0.5) is 0 Å². The number of rotatable bonds is 5. The van der Waals surface area contributed by atoms with Crippen LogP contribution in [0.25, 0.3) is 0 Å². The van der Waals surface area contributed by atoms with Crippen molar-refractivity contribution < 1.29 is 19.1 Å². The summed E-state index contributed by atoms with van der Waals surface area (Å²) in [6.45, 7) is 2.16. The maximum absolute atomic E-state index is 13.0. The number of fused-ring (bicyclic) bond motifs is 1. The molecule has 3 amide bonds. The van der Waals surface area contributed by atoms with Gasteiger partial charge in [0.15, 0.2) is 0 Å². The second-order valence-electron chi connectivity index (χ2n) is 10.7. The Labute approximate surface area is 226 Å². The normalized spacial score (nSPS) is 25.9. The van der Waals surface area contributed by atoms with Crippen molar-refractivity contribution in [3.8, 4) is 11.8 Å². The number of carbonyl (C=O) groups is 3. The minimum Gasteiger partial charge on any atom is -0.489 e. The van der Waals surface area contributed by atoms with E-state index < -0.39 is 11.9 Å². The summed E-state index contributed by atoms with van der Waals surface area (Å²) in [6, 6.07) is 13.0. The summed E-state index contributed by atoms with van der Waals surface area (Å²) < 4.78 is 6.54. The maximum Gasteiger partial charge on any atom is 0.255 e. The molecule has 3 atom stereocenters. The average Bonchev–Trinajstić information content (AvgIpc) is 3.20. The van der Waals surface area contributed by atoms with Crippen LogP contribution in [0.2, 0.25) is 5.02 Å². The molecule has 3 fully saturated rings. The smallest absolute Gasteiger partial charge is 0.255 e. The van der Waals surface area contributed by atoms with Crippen molar-refractivity contribution in [2.75, 3.05) is 13.1 Å². The Hall–Kier alpha value is -3.41. The van der Waals surface area contributed by atoms with Gasteiger partial charge in [0, 0.05) is 48.6 Å². The molecule has 0 aromatic heterocycles. The zero-order valence-electron chi connectivity index (χ0n) is 21.0. The number of amides is 3. The Morgan fingerprint density at radius 3 is 2.61 bits per heavy atom. The third-order valence-corrected chi connectivity index (χ3v) is 8.73. The molecule has 0 bridgehead atoms. The number of ether oxygens (including phenoxy) is 1. The molecule has 1 aliphatic carbocycles. The van der Waals surface area contributed by atoms with Crippen LogP contribution in [-0.2, 0) is 16.1 Å². The molecule has 8 nitrogen and oxygen atoms in total. The monoisotopic (exact) mass is 532 g/mol. The van der Waals surface area contributed by atoms with Gasteiger partial charge in [-0.2, -0.15) is 5.26 Å². The van der Waals surface area contributed by atoms with Gasteiger partial charge < -0.3 is 9.64 Å². The molecule has 6 rings (SSSR count). The largest absolute Gasteiger partial charge is 0.489 e. The van der Waals surface area contributed by atoms with Crippen LogP contribution >= 0.6 is 11.6 Å². The number of hydrogen-bond acceptors (Lipinski definition) is 6. The molecule has 3 heterocycles. The van der Waals surface area contributed by atoms with E-state index in [-0.39, 0.29) is 24.3 Å². The van der Waals surface area contributed by atoms with E-state index in [1.165, 1.54) is 6.42 Å². The summed E-state index contributed by atoms with van der Waals surface area (Å²) in [4.78, 5) is 40.9. The van der Waals surface area contributed by atoms with Crippen molar-refractivity contribution in [2.45, 2.75) is 69.2 Å². The first kappa shape index (κ1) is 24.9. The van der Waals surface area contributed by atoms with Crippen molar-refractivity contribution >= 4 is 29.3 Å².